The average Bonchev–Trinajstić information content (AvgIpc) is 3.19. The molecule has 1 aliphatic carbocycles. The monoisotopic (exact) mass is 352 g/mol. The van der Waals surface area contributed by atoms with Gasteiger partial charge in [0.2, 0.25) is 5.91 Å². The predicted molar refractivity (Wildman–Crippen MR) is 90.2 cm³/mol. The summed E-state index contributed by atoms with van der Waals surface area (Å²) in [4.78, 5) is 14.4. The molecule has 0 saturated heterocycles. The number of amides is 1. The van der Waals surface area contributed by atoms with Gasteiger partial charge in [-0.1, -0.05) is 41.4 Å². The molecular weight excluding hydrogens is 328 g/mol. The summed E-state index contributed by atoms with van der Waals surface area (Å²) in [6, 6.07) is 8.45. The fourth-order valence-electron chi connectivity index (χ4n) is 3.08. The van der Waals surface area contributed by atoms with E-state index in [1.54, 1.807) is 0 Å². The largest absolute Gasteiger partial charge is 0.343 e. The van der Waals surface area contributed by atoms with Crippen LogP contribution in [0.15, 0.2) is 28.7 Å². The quantitative estimate of drug-likeness (QED) is 0.851. The first-order valence-corrected chi connectivity index (χ1v) is 8.40. The van der Waals surface area contributed by atoms with Crippen LogP contribution in [0.25, 0.3) is 0 Å². The third-order valence-electron chi connectivity index (χ3n) is 4.45. The highest BCUT2D eigenvalue weighted by Gasteiger charge is 2.46. The fourth-order valence-corrected chi connectivity index (χ4v) is 3.34. The van der Waals surface area contributed by atoms with Gasteiger partial charge in [-0.15, -0.1) is 0 Å². The zero-order chi connectivity index (χ0) is 15.7. The Labute approximate surface area is 136 Å². The van der Waals surface area contributed by atoms with Gasteiger partial charge >= 0.3 is 0 Å². The van der Waals surface area contributed by atoms with Crippen molar-refractivity contribution in [3.63, 3.8) is 0 Å². The highest BCUT2D eigenvalue weighted by Crippen LogP contribution is 2.48. The van der Waals surface area contributed by atoms with Crippen molar-refractivity contribution >= 4 is 21.8 Å². The van der Waals surface area contributed by atoms with Crippen LogP contribution in [-0.2, 0) is 10.2 Å². The molecule has 0 aromatic heterocycles. The van der Waals surface area contributed by atoms with Crippen LogP contribution in [-0.4, -0.2) is 29.9 Å². The number of hydrogen-bond acceptors (Lipinski definition) is 2. The van der Waals surface area contributed by atoms with Crippen molar-refractivity contribution in [1.29, 1.82) is 0 Å². The zero-order valence-corrected chi connectivity index (χ0v) is 14.7. The van der Waals surface area contributed by atoms with Gasteiger partial charge in [0.1, 0.15) is 0 Å². The van der Waals surface area contributed by atoms with E-state index in [1.165, 1.54) is 5.56 Å². The van der Waals surface area contributed by atoms with Gasteiger partial charge in [0.15, 0.2) is 0 Å². The molecule has 0 aliphatic heterocycles. The van der Waals surface area contributed by atoms with Crippen molar-refractivity contribution in [3.8, 4) is 0 Å². The van der Waals surface area contributed by atoms with Crippen molar-refractivity contribution < 1.29 is 4.79 Å². The molecule has 116 valence electrons. The molecule has 21 heavy (non-hydrogen) atoms. The minimum absolute atomic E-state index is 0.0488. The SMILES string of the molecule is CCCC(C)(N)C(=O)N(C)CC1(c2ccc(Br)cc2)CC1. The molecular formula is C17H25BrN2O. The van der Waals surface area contributed by atoms with E-state index in [0.29, 0.717) is 0 Å². The fraction of sp³-hybridized carbons (Fsp3) is 0.588. The summed E-state index contributed by atoms with van der Waals surface area (Å²) in [5.74, 6) is 0.0488. The van der Waals surface area contributed by atoms with E-state index < -0.39 is 5.54 Å². The van der Waals surface area contributed by atoms with Gasteiger partial charge in [-0.3, -0.25) is 4.79 Å². The smallest absolute Gasteiger partial charge is 0.242 e. The van der Waals surface area contributed by atoms with E-state index in [-0.39, 0.29) is 11.3 Å². The van der Waals surface area contributed by atoms with Crippen molar-refractivity contribution in [2.75, 3.05) is 13.6 Å². The molecule has 1 aromatic carbocycles. The Morgan fingerprint density at radius 2 is 1.95 bits per heavy atom. The molecule has 0 spiro atoms. The summed E-state index contributed by atoms with van der Waals surface area (Å²) in [7, 11) is 1.88. The molecule has 2 N–H and O–H groups in total. The van der Waals surface area contributed by atoms with Gasteiger partial charge in [-0.25, -0.2) is 0 Å². The van der Waals surface area contributed by atoms with Gasteiger partial charge in [0, 0.05) is 23.5 Å². The topological polar surface area (TPSA) is 46.3 Å². The number of rotatable bonds is 6. The molecule has 1 fully saturated rings. The molecule has 0 radical (unpaired) electrons. The summed E-state index contributed by atoms with van der Waals surface area (Å²) in [6.07, 6.45) is 3.93. The molecule has 1 aromatic rings. The van der Waals surface area contributed by atoms with E-state index >= 15 is 0 Å². The molecule has 1 amide bonds. The number of hydrogen-bond donors (Lipinski definition) is 1. The van der Waals surface area contributed by atoms with Crippen LogP contribution < -0.4 is 5.73 Å². The van der Waals surface area contributed by atoms with Crippen molar-refractivity contribution in [2.45, 2.75) is 50.5 Å². The second kappa shape index (κ2) is 6.09. The van der Waals surface area contributed by atoms with Gasteiger partial charge in [-0.05, 0) is 43.9 Å². The standard InChI is InChI=1S/C17H25BrN2O/c1-4-9-16(2,19)15(21)20(3)12-17(10-11-17)13-5-7-14(18)8-6-13/h5-8H,4,9-12,19H2,1-3H3. The number of carbonyl (C=O) groups excluding carboxylic acids is 1. The lowest BCUT2D eigenvalue weighted by atomic mass is 9.92. The number of carbonyl (C=O) groups is 1. The average molecular weight is 353 g/mol. The molecule has 1 atom stereocenters. The van der Waals surface area contributed by atoms with Crippen LogP contribution in [0.3, 0.4) is 0 Å². The van der Waals surface area contributed by atoms with Crippen LogP contribution in [0.1, 0.15) is 45.1 Å². The van der Waals surface area contributed by atoms with E-state index in [4.69, 9.17) is 5.73 Å². The Bertz CT molecular complexity index is 506. The van der Waals surface area contributed by atoms with Crippen molar-refractivity contribution in [2.24, 2.45) is 5.73 Å². The van der Waals surface area contributed by atoms with E-state index in [2.05, 4.69) is 47.1 Å². The lowest BCUT2D eigenvalue weighted by Gasteiger charge is -2.31. The summed E-state index contributed by atoms with van der Waals surface area (Å²) in [5, 5.41) is 0. The van der Waals surface area contributed by atoms with E-state index in [1.807, 2.05) is 18.9 Å². The van der Waals surface area contributed by atoms with Gasteiger partial charge in [-0.2, -0.15) is 0 Å². The first-order chi connectivity index (χ1) is 9.81. The molecule has 2 rings (SSSR count). The molecule has 3 nitrogen and oxygen atoms in total. The van der Waals surface area contributed by atoms with Crippen molar-refractivity contribution in [1.82, 2.24) is 4.90 Å². The Morgan fingerprint density at radius 1 is 1.38 bits per heavy atom. The summed E-state index contributed by atoms with van der Waals surface area (Å²) in [5.41, 5.74) is 6.87. The molecule has 0 bridgehead atoms. The van der Waals surface area contributed by atoms with E-state index in [0.717, 1.165) is 36.7 Å². The normalized spacial score (nSPS) is 18.9. The van der Waals surface area contributed by atoms with E-state index in [9.17, 15) is 4.79 Å². The maximum atomic E-state index is 12.5. The van der Waals surface area contributed by atoms with Crippen LogP contribution in [0.4, 0.5) is 0 Å². The molecule has 4 heteroatoms. The van der Waals surface area contributed by atoms with Gasteiger partial charge < -0.3 is 10.6 Å². The van der Waals surface area contributed by atoms with Crippen molar-refractivity contribution in [3.05, 3.63) is 34.3 Å². The molecule has 1 aliphatic rings. The lowest BCUT2D eigenvalue weighted by Crippen LogP contribution is -2.53. The summed E-state index contributed by atoms with van der Waals surface area (Å²) >= 11 is 3.47. The number of nitrogens with zero attached hydrogens (tertiary/aromatic N) is 1. The van der Waals surface area contributed by atoms with Crippen LogP contribution in [0, 0.1) is 0 Å². The first-order valence-electron chi connectivity index (χ1n) is 7.61. The Hall–Kier alpha value is -0.870. The maximum Gasteiger partial charge on any atom is 0.242 e. The highest BCUT2D eigenvalue weighted by atomic mass is 79.9. The second-order valence-electron chi connectivity index (χ2n) is 6.62. The number of halogens is 1. The third-order valence-corrected chi connectivity index (χ3v) is 4.98. The molecule has 0 heterocycles. The Morgan fingerprint density at radius 3 is 2.43 bits per heavy atom. The lowest BCUT2D eigenvalue weighted by molar-refractivity contribution is -0.135. The summed E-state index contributed by atoms with van der Waals surface area (Å²) < 4.78 is 1.09. The summed E-state index contributed by atoms with van der Waals surface area (Å²) in [6.45, 7) is 4.65. The van der Waals surface area contributed by atoms with Crippen LogP contribution in [0.2, 0.25) is 0 Å². The maximum absolute atomic E-state index is 12.5. The minimum Gasteiger partial charge on any atom is -0.343 e. The third kappa shape index (κ3) is 3.67. The minimum atomic E-state index is -0.751. The predicted octanol–water partition coefficient (Wildman–Crippen LogP) is 3.46. The number of likely N-dealkylation sites (N-methyl/N-ethyl adjacent to an activating group) is 1. The molecule has 1 saturated carbocycles. The van der Waals surface area contributed by atoms with Crippen LogP contribution >= 0.6 is 15.9 Å². The van der Waals surface area contributed by atoms with Gasteiger partial charge in [0.05, 0.1) is 5.54 Å². The first kappa shape index (κ1) is 16.5. The van der Waals surface area contributed by atoms with Gasteiger partial charge in [0.25, 0.3) is 0 Å². The second-order valence-corrected chi connectivity index (χ2v) is 7.53. The highest BCUT2D eigenvalue weighted by molar-refractivity contribution is 9.10. The number of benzene rings is 1. The number of nitrogens with two attached hydrogens (primary N) is 1. The Balaban J connectivity index is 2.07. The molecule has 1 unspecified atom stereocenters. The zero-order valence-electron chi connectivity index (χ0n) is 13.2. The van der Waals surface area contributed by atoms with Crippen LogP contribution in [0.5, 0.6) is 0 Å². The Kier molecular flexibility index (Phi) is 4.79.